The van der Waals surface area contributed by atoms with Gasteiger partial charge in [-0.2, -0.15) is 0 Å². The lowest BCUT2D eigenvalue weighted by Crippen LogP contribution is -2.18. The molecular formula is C24H26N6O5S. The largest absolute Gasteiger partial charge is 0.494 e. The van der Waals surface area contributed by atoms with Crippen LogP contribution in [0.15, 0.2) is 60.3 Å². The van der Waals surface area contributed by atoms with Crippen LogP contribution < -0.4 is 15.4 Å². The molecule has 0 unspecified atom stereocenters. The maximum atomic E-state index is 12.6. The van der Waals surface area contributed by atoms with Crippen molar-refractivity contribution in [2.75, 3.05) is 23.0 Å². The van der Waals surface area contributed by atoms with Gasteiger partial charge in [0.15, 0.2) is 5.16 Å². The standard InChI is InChI=1S/C24H26N6O5S/c1-4-12-29-21(14-22(31)25-17-7-10-19(11-8-17)35-5-2)27-28-24(29)36-15-23(32)26-20-13-18(30(33)34)9-6-16(20)3/h4,6-11,13H,1,5,12,14-15H2,2-3H3,(H,25,31)(H,26,32). The van der Waals surface area contributed by atoms with E-state index < -0.39 is 4.92 Å². The van der Waals surface area contributed by atoms with Crippen molar-refractivity contribution in [1.29, 1.82) is 0 Å². The quantitative estimate of drug-likeness (QED) is 0.161. The number of aryl methyl sites for hydroxylation is 1. The zero-order valence-corrected chi connectivity index (χ0v) is 20.7. The number of nitrogens with one attached hydrogen (secondary N) is 2. The van der Waals surface area contributed by atoms with Crippen LogP contribution in [0.1, 0.15) is 18.3 Å². The molecule has 0 saturated carbocycles. The number of carbonyl (C=O) groups excluding carboxylic acids is 2. The molecule has 0 aliphatic rings. The Balaban J connectivity index is 1.62. The van der Waals surface area contributed by atoms with E-state index in [9.17, 15) is 19.7 Å². The Morgan fingerprint density at radius 2 is 1.92 bits per heavy atom. The van der Waals surface area contributed by atoms with Gasteiger partial charge in [0, 0.05) is 24.4 Å². The van der Waals surface area contributed by atoms with Gasteiger partial charge in [-0.15, -0.1) is 16.8 Å². The Kier molecular flexibility index (Phi) is 9.17. The Bertz CT molecular complexity index is 1260. The Morgan fingerprint density at radius 3 is 2.58 bits per heavy atom. The summed E-state index contributed by atoms with van der Waals surface area (Å²) in [4.78, 5) is 35.5. The number of anilines is 2. The topological polar surface area (TPSA) is 141 Å². The smallest absolute Gasteiger partial charge is 0.271 e. The molecule has 0 aliphatic carbocycles. The van der Waals surface area contributed by atoms with Gasteiger partial charge in [0.05, 0.1) is 29.4 Å². The van der Waals surface area contributed by atoms with E-state index in [1.807, 2.05) is 6.92 Å². The Hall–Kier alpha value is -4.19. The van der Waals surface area contributed by atoms with Gasteiger partial charge in [0.25, 0.3) is 5.69 Å². The van der Waals surface area contributed by atoms with E-state index in [1.54, 1.807) is 47.9 Å². The van der Waals surface area contributed by atoms with Crippen LogP contribution in [0.25, 0.3) is 0 Å². The highest BCUT2D eigenvalue weighted by molar-refractivity contribution is 7.99. The van der Waals surface area contributed by atoms with Crippen LogP contribution in [0.3, 0.4) is 0 Å². The second kappa shape index (κ2) is 12.5. The van der Waals surface area contributed by atoms with Crippen LogP contribution in [-0.4, -0.2) is 43.9 Å². The molecule has 188 valence electrons. The van der Waals surface area contributed by atoms with Gasteiger partial charge in [-0.05, 0) is 43.7 Å². The Labute approximate surface area is 212 Å². The molecule has 3 rings (SSSR count). The molecule has 0 atom stereocenters. The van der Waals surface area contributed by atoms with E-state index in [1.165, 1.54) is 12.1 Å². The number of nitro groups is 1. The molecule has 2 aromatic carbocycles. The van der Waals surface area contributed by atoms with Crippen molar-refractivity contribution in [2.24, 2.45) is 0 Å². The first-order chi connectivity index (χ1) is 17.3. The predicted octanol–water partition coefficient (Wildman–Crippen LogP) is 3.99. The summed E-state index contributed by atoms with van der Waals surface area (Å²) in [6, 6.07) is 11.3. The molecule has 3 aromatic rings. The lowest BCUT2D eigenvalue weighted by molar-refractivity contribution is -0.384. The summed E-state index contributed by atoms with van der Waals surface area (Å²) in [7, 11) is 0. The first-order valence-electron chi connectivity index (χ1n) is 11.0. The molecule has 1 heterocycles. The third kappa shape index (κ3) is 7.15. The van der Waals surface area contributed by atoms with Gasteiger partial charge in [-0.1, -0.05) is 23.9 Å². The number of allylic oxidation sites excluding steroid dienone is 1. The second-order valence-electron chi connectivity index (χ2n) is 7.57. The molecule has 11 nitrogen and oxygen atoms in total. The maximum Gasteiger partial charge on any atom is 0.271 e. The van der Waals surface area contributed by atoms with Crippen molar-refractivity contribution in [2.45, 2.75) is 32.0 Å². The van der Waals surface area contributed by atoms with Gasteiger partial charge in [-0.3, -0.25) is 19.7 Å². The average molecular weight is 511 g/mol. The van der Waals surface area contributed by atoms with Crippen LogP contribution >= 0.6 is 11.8 Å². The van der Waals surface area contributed by atoms with E-state index >= 15 is 0 Å². The van der Waals surface area contributed by atoms with Gasteiger partial charge < -0.3 is 19.9 Å². The third-order valence-electron chi connectivity index (χ3n) is 4.91. The number of aromatic nitrogens is 3. The van der Waals surface area contributed by atoms with E-state index in [0.717, 1.165) is 11.8 Å². The molecule has 0 spiro atoms. The summed E-state index contributed by atoms with van der Waals surface area (Å²) in [5, 5.41) is 25.2. The average Bonchev–Trinajstić information content (AvgIpc) is 3.21. The van der Waals surface area contributed by atoms with Gasteiger partial charge in [-0.25, -0.2) is 0 Å². The molecule has 0 fully saturated rings. The van der Waals surface area contributed by atoms with Gasteiger partial charge in [0.1, 0.15) is 11.6 Å². The van der Waals surface area contributed by atoms with Crippen molar-refractivity contribution >= 4 is 40.6 Å². The van der Waals surface area contributed by atoms with Crippen LogP contribution in [0.5, 0.6) is 5.75 Å². The van der Waals surface area contributed by atoms with Crippen molar-refractivity contribution in [1.82, 2.24) is 14.8 Å². The highest BCUT2D eigenvalue weighted by Gasteiger charge is 2.17. The first-order valence-corrected chi connectivity index (χ1v) is 12.0. The number of thioether (sulfide) groups is 1. The number of hydrogen-bond donors (Lipinski definition) is 2. The fourth-order valence-electron chi connectivity index (χ4n) is 3.19. The molecule has 1 aromatic heterocycles. The summed E-state index contributed by atoms with van der Waals surface area (Å²) >= 11 is 1.14. The molecule has 0 radical (unpaired) electrons. The van der Waals surface area contributed by atoms with Crippen LogP contribution in [0.4, 0.5) is 17.1 Å². The fourth-order valence-corrected chi connectivity index (χ4v) is 3.96. The Morgan fingerprint density at radius 1 is 1.17 bits per heavy atom. The van der Waals surface area contributed by atoms with Crippen LogP contribution in [0, 0.1) is 17.0 Å². The number of amides is 2. The number of rotatable bonds is 12. The molecule has 2 amide bonds. The van der Waals surface area contributed by atoms with Crippen molar-refractivity contribution in [3.05, 3.63) is 76.6 Å². The van der Waals surface area contributed by atoms with Crippen LogP contribution in [0.2, 0.25) is 0 Å². The molecule has 36 heavy (non-hydrogen) atoms. The number of carbonyl (C=O) groups is 2. The number of benzene rings is 2. The van der Waals surface area contributed by atoms with Gasteiger partial charge in [0.2, 0.25) is 11.8 Å². The molecule has 12 heteroatoms. The number of hydrogen-bond acceptors (Lipinski definition) is 8. The summed E-state index contributed by atoms with van der Waals surface area (Å²) < 4.78 is 7.11. The minimum Gasteiger partial charge on any atom is -0.494 e. The third-order valence-corrected chi connectivity index (χ3v) is 5.88. The second-order valence-corrected chi connectivity index (χ2v) is 8.52. The molecule has 2 N–H and O–H groups in total. The fraction of sp³-hybridized carbons (Fsp3) is 0.250. The minimum atomic E-state index is -0.519. The van der Waals surface area contributed by atoms with Crippen molar-refractivity contribution in [3.63, 3.8) is 0 Å². The van der Waals surface area contributed by atoms with E-state index in [2.05, 4.69) is 27.4 Å². The SMILES string of the molecule is C=CCn1c(CC(=O)Nc2ccc(OCC)cc2)nnc1SCC(=O)Nc1cc([N+](=O)[O-])ccc1C. The predicted molar refractivity (Wildman–Crippen MR) is 137 cm³/mol. The zero-order chi connectivity index (χ0) is 26.1. The van der Waals surface area contributed by atoms with Gasteiger partial charge >= 0.3 is 0 Å². The van der Waals surface area contributed by atoms with Crippen molar-refractivity contribution in [3.8, 4) is 5.75 Å². The summed E-state index contributed by atoms with van der Waals surface area (Å²) in [6.07, 6.45) is 1.63. The van der Waals surface area contributed by atoms with Crippen molar-refractivity contribution < 1.29 is 19.2 Å². The maximum absolute atomic E-state index is 12.6. The normalized spacial score (nSPS) is 10.5. The monoisotopic (exact) mass is 510 g/mol. The summed E-state index contributed by atoms with van der Waals surface area (Å²) in [5.41, 5.74) is 1.59. The summed E-state index contributed by atoms with van der Waals surface area (Å²) in [6.45, 7) is 8.29. The number of non-ortho nitro benzene ring substituents is 1. The lowest BCUT2D eigenvalue weighted by atomic mass is 10.2. The lowest BCUT2D eigenvalue weighted by Gasteiger charge is -2.10. The van der Waals surface area contributed by atoms with E-state index in [0.29, 0.717) is 46.8 Å². The highest BCUT2D eigenvalue weighted by Crippen LogP contribution is 2.23. The van der Waals surface area contributed by atoms with E-state index in [-0.39, 0.29) is 29.7 Å². The number of nitro benzene ring substituents is 1. The molecule has 0 bridgehead atoms. The molecular weight excluding hydrogens is 484 g/mol. The van der Waals surface area contributed by atoms with E-state index in [4.69, 9.17) is 4.74 Å². The van der Waals surface area contributed by atoms with Crippen LogP contribution in [-0.2, 0) is 22.6 Å². The molecule has 0 saturated heterocycles. The molecule has 0 aliphatic heterocycles. The zero-order valence-electron chi connectivity index (χ0n) is 19.9. The first kappa shape index (κ1) is 26.4. The summed E-state index contributed by atoms with van der Waals surface area (Å²) in [5.74, 6) is 0.512. The number of nitrogens with zero attached hydrogens (tertiary/aromatic N) is 4. The number of ether oxygens (including phenoxy) is 1. The highest BCUT2D eigenvalue weighted by atomic mass is 32.2. The minimum absolute atomic E-state index is 0.00418.